The number of nitrogens with one attached hydrogen (secondary N) is 1. The Balaban J connectivity index is 2.04. The standard InChI is InChI=1S/C17H18F2N2O3/c1-3-24-15-7-4-11(9-20-15)16(22)21-10-17(2,23)13-6-5-12(18)8-14(13)19/h4-9,23H,3,10H2,1-2H3,(H,21,22). The summed E-state index contributed by atoms with van der Waals surface area (Å²) in [5.74, 6) is -1.70. The molecule has 0 radical (unpaired) electrons. The average Bonchev–Trinajstić information content (AvgIpc) is 2.53. The van der Waals surface area contributed by atoms with Crippen molar-refractivity contribution in [2.75, 3.05) is 13.2 Å². The van der Waals surface area contributed by atoms with Crippen LogP contribution in [0.2, 0.25) is 0 Å². The van der Waals surface area contributed by atoms with E-state index in [2.05, 4.69) is 10.3 Å². The Hall–Kier alpha value is -2.54. The van der Waals surface area contributed by atoms with Crippen molar-refractivity contribution in [3.05, 3.63) is 59.3 Å². The molecule has 0 aliphatic carbocycles. The molecular weight excluding hydrogens is 318 g/mol. The van der Waals surface area contributed by atoms with Crippen molar-refractivity contribution >= 4 is 5.91 Å². The zero-order valence-electron chi connectivity index (χ0n) is 13.3. The van der Waals surface area contributed by atoms with Gasteiger partial charge in [0.1, 0.15) is 17.2 Å². The lowest BCUT2D eigenvalue weighted by Gasteiger charge is -2.24. The molecule has 5 nitrogen and oxygen atoms in total. The Morgan fingerprint density at radius 2 is 2.08 bits per heavy atom. The molecule has 1 aromatic heterocycles. The molecule has 1 unspecified atom stereocenters. The Labute approximate surface area is 138 Å². The number of ether oxygens (including phenoxy) is 1. The second-order valence-electron chi connectivity index (χ2n) is 5.40. The van der Waals surface area contributed by atoms with Gasteiger partial charge in [-0.3, -0.25) is 4.79 Å². The SMILES string of the molecule is CCOc1ccc(C(=O)NCC(C)(O)c2ccc(F)cc2F)cn1. The van der Waals surface area contributed by atoms with E-state index in [1.54, 1.807) is 6.07 Å². The first-order chi connectivity index (χ1) is 11.3. The van der Waals surface area contributed by atoms with Crippen molar-refractivity contribution in [3.63, 3.8) is 0 Å². The van der Waals surface area contributed by atoms with Crippen molar-refractivity contribution in [3.8, 4) is 5.88 Å². The highest BCUT2D eigenvalue weighted by molar-refractivity contribution is 5.93. The van der Waals surface area contributed by atoms with E-state index >= 15 is 0 Å². The zero-order chi connectivity index (χ0) is 17.7. The Kier molecular flexibility index (Phi) is 5.46. The van der Waals surface area contributed by atoms with Gasteiger partial charge in [-0.25, -0.2) is 13.8 Å². The first kappa shape index (κ1) is 17.8. The first-order valence-corrected chi connectivity index (χ1v) is 7.38. The Morgan fingerprint density at radius 1 is 1.33 bits per heavy atom. The van der Waals surface area contributed by atoms with Crippen LogP contribution >= 0.6 is 0 Å². The summed E-state index contributed by atoms with van der Waals surface area (Å²) in [5.41, 5.74) is -1.52. The molecule has 0 spiro atoms. The van der Waals surface area contributed by atoms with E-state index in [0.717, 1.165) is 12.1 Å². The predicted octanol–water partition coefficient (Wildman–Crippen LogP) is 2.40. The summed E-state index contributed by atoms with van der Waals surface area (Å²) in [6, 6.07) is 5.96. The van der Waals surface area contributed by atoms with E-state index in [0.29, 0.717) is 18.6 Å². The van der Waals surface area contributed by atoms with Crippen LogP contribution in [0.5, 0.6) is 5.88 Å². The molecule has 0 aliphatic heterocycles. The lowest BCUT2D eigenvalue weighted by molar-refractivity contribution is 0.0494. The maximum absolute atomic E-state index is 13.8. The summed E-state index contributed by atoms with van der Waals surface area (Å²) in [4.78, 5) is 16.0. The monoisotopic (exact) mass is 336 g/mol. The van der Waals surface area contributed by atoms with E-state index in [4.69, 9.17) is 4.74 Å². The maximum Gasteiger partial charge on any atom is 0.252 e. The summed E-state index contributed by atoms with van der Waals surface area (Å²) in [7, 11) is 0. The number of aromatic nitrogens is 1. The first-order valence-electron chi connectivity index (χ1n) is 7.38. The molecule has 0 aliphatic rings. The Bertz CT molecular complexity index is 718. The third-order valence-corrected chi connectivity index (χ3v) is 3.40. The summed E-state index contributed by atoms with van der Waals surface area (Å²) in [6.07, 6.45) is 1.34. The number of nitrogens with zero attached hydrogens (tertiary/aromatic N) is 1. The zero-order valence-corrected chi connectivity index (χ0v) is 13.3. The van der Waals surface area contributed by atoms with Crippen LogP contribution in [-0.2, 0) is 5.60 Å². The van der Waals surface area contributed by atoms with Crippen molar-refractivity contribution in [1.29, 1.82) is 0 Å². The van der Waals surface area contributed by atoms with Crippen molar-refractivity contribution in [1.82, 2.24) is 10.3 Å². The fourth-order valence-corrected chi connectivity index (χ4v) is 2.12. The molecule has 2 rings (SSSR count). The number of benzene rings is 1. The van der Waals surface area contributed by atoms with E-state index in [9.17, 15) is 18.7 Å². The summed E-state index contributed by atoms with van der Waals surface area (Å²) >= 11 is 0. The van der Waals surface area contributed by atoms with Crippen LogP contribution in [0, 0.1) is 11.6 Å². The molecule has 2 N–H and O–H groups in total. The minimum atomic E-state index is -1.69. The number of aliphatic hydroxyl groups is 1. The van der Waals surface area contributed by atoms with Crippen LogP contribution in [0.15, 0.2) is 36.5 Å². The highest BCUT2D eigenvalue weighted by Crippen LogP contribution is 2.23. The minimum absolute atomic E-state index is 0.103. The molecule has 0 saturated heterocycles. The van der Waals surface area contributed by atoms with Crippen molar-refractivity contribution in [2.24, 2.45) is 0 Å². The number of carbonyl (C=O) groups excluding carboxylic acids is 1. The molecule has 1 aromatic carbocycles. The minimum Gasteiger partial charge on any atom is -0.478 e. The molecular formula is C17H18F2N2O3. The van der Waals surface area contributed by atoms with E-state index in [1.807, 2.05) is 6.92 Å². The largest absolute Gasteiger partial charge is 0.478 e. The Morgan fingerprint density at radius 3 is 2.67 bits per heavy atom. The van der Waals surface area contributed by atoms with Crippen LogP contribution in [0.1, 0.15) is 29.8 Å². The second kappa shape index (κ2) is 7.35. The molecule has 0 bridgehead atoms. The topological polar surface area (TPSA) is 71.5 Å². The van der Waals surface area contributed by atoms with Crippen molar-refractivity contribution < 1.29 is 23.4 Å². The third-order valence-electron chi connectivity index (χ3n) is 3.40. The van der Waals surface area contributed by atoms with Crippen LogP contribution < -0.4 is 10.1 Å². The van der Waals surface area contributed by atoms with Gasteiger partial charge in [0.05, 0.1) is 18.7 Å². The summed E-state index contributed by atoms with van der Waals surface area (Å²) in [6.45, 7) is 3.37. The fourth-order valence-electron chi connectivity index (χ4n) is 2.12. The van der Waals surface area contributed by atoms with Crippen molar-refractivity contribution in [2.45, 2.75) is 19.4 Å². The second-order valence-corrected chi connectivity index (χ2v) is 5.40. The quantitative estimate of drug-likeness (QED) is 0.850. The van der Waals surface area contributed by atoms with Gasteiger partial charge in [0.2, 0.25) is 5.88 Å². The number of hydrogen-bond donors (Lipinski definition) is 2. The predicted molar refractivity (Wildman–Crippen MR) is 83.7 cm³/mol. The van der Waals surface area contributed by atoms with Gasteiger partial charge in [-0.2, -0.15) is 0 Å². The molecule has 7 heteroatoms. The van der Waals surface area contributed by atoms with Gasteiger partial charge in [-0.15, -0.1) is 0 Å². The lowest BCUT2D eigenvalue weighted by atomic mass is 9.95. The van der Waals surface area contributed by atoms with Crippen LogP contribution in [0.4, 0.5) is 8.78 Å². The van der Waals surface area contributed by atoms with Gasteiger partial charge < -0.3 is 15.2 Å². The molecule has 0 fully saturated rings. The number of hydrogen-bond acceptors (Lipinski definition) is 4. The van der Waals surface area contributed by atoms with Gasteiger partial charge >= 0.3 is 0 Å². The normalized spacial score (nSPS) is 13.2. The van der Waals surface area contributed by atoms with Crippen LogP contribution in [0.25, 0.3) is 0 Å². The molecule has 128 valence electrons. The van der Waals surface area contributed by atoms with E-state index in [1.165, 1.54) is 19.2 Å². The van der Waals surface area contributed by atoms with Gasteiger partial charge in [0.15, 0.2) is 0 Å². The van der Waals surface area contributed by atoms with Gasteiger partial charge in [-0.05, 0) is 26.0 Å². The third kappa shape index (κ3) is 4.26. The molecule has 24 heavy (non-hydrogen) atoms. The highest BCUT2D eigenvalue weighted by Gasteiger charge is 2.27. The molecule has 1 heterocycles. The molecule has 2 aromatic rings. The fraction of sp³-hybridized carbons (Fsp3) is 0.294. The van der Waals surface area contributed by atoms with E-state index < -0.39 is 23.1 Å². The maximum atomic E-state index is 13.8. The smallest absolute Gasteiger partial charge is 0.252 e. The number of pyridine rings is 1. The molecule has 0 saturated carbocycles. The molecule has 1 amide bonds. The average molecular weight is 336 g/mol. The van der Waals surface area contributed by atoms with E-state index in [-0.39, 0.29) is 17.7 Å². The number of carbonyl (C=O) groups is 1. The number of halogens is 2. The molecule has 1 atom stereocenters. The van der Waals surface area contributed by atoms with Crippen LogP contribution in [0.3, 0.4) is 0 Å². The highest BCUT2D eigenvalue weighted by atomic mass is 19.1. The van der Waals surface area contributed by atoms with Crippen LogP contribution in [-0.4, -0.2) is 29.1 Å². The lowest BCUT2D eigenvalue weighted by Crippen LogP contribution is -2.39. The number of rotatable bonds is 6. The van der Waals surface area contributed by atoms with Gasteiger partial charge in [0.25, 0.3) is 5.91 Å². The number of amides is 1. The summed E-state index contributed by atoms with van der Waals surface area (Å²) in [5, 5.41) is 12.9. The summed E-state index contributed by atoms with van der Waals surface area (Å²) < 4.78 is 31.9. The van der Waals surface area contributed by atoms with Gasteiger partial charge in [-0.1, -0.05) is 6.07 Å². The van der Waals surface area contributed by atoms with Gasteiger partial charge in [0, 0.05) is 23.9 Å².